The second-order valence-corrected chi connectivity index (χ2v) is 3.90. The maximum absolute atomic E-state index is 11.8. The third kappa shape index (κ3) is 2.71. The molecular weight excluding hydrogens is 270 g/mol. The number of ether oxygens (including phenoxy) is 1. The van der Waals surface area contributed by atoms with Crippen LogP contribution in [0.5, 0.6) is 0 Å². The van der Waals surface area contributed by atoms with E-state index >= 15 is 0 Å². The van der Waals surface area contributed by atoms with Gasteiger partial charge in [0, 0.05) is 5.02 Å². The molecule has 0 bridgehead atoms. The molecule has 0 atom stereocenters. The molecule has 0 amide bonds. The summed E-state index contributed by atoms with van der Waals surface area (Å²) in [6.45, 7) is 0. The van der Waals surface area contributed by atoms with Gasteiger partial charge in [-0.1, -0.05) is 34.9 Å². The minimum atomic E-state index is -0.626. The Morgan fingerprint density at radius 2 is 2.21 bits per heavy atom. The number of methoxy groups -OCH3 is 1. The second-order valence-electron chi connectivity index (χ2n) is 3.49. The zero-order valence-electron chi connectivity index (χ0n) is 9.95. The lowest BCUT2D eigenvalue weighted by atomic mass is 10.2. The van der Waals surface area contributed by atoms with E-state index in [1.54, 1.807) is 24.3 Å². The Bertz CT molecular complexity index is 638. The van der Waals surface area contributed by atoms with Gasteiger partial charge in [0.2, 0.25) is 5.95 Å². The number of esters is 1. The number of rotatable bonds is 3. The number of nitrogens with two attached hydrogens (primary N) is 1. The molecule has 0 unspecified atom stereocenters. The van der Waals surface area contributed by atoms with Gasteiger partial charge in [0.25, 0.3) is 0 Å². The zero-order valence-corrected chi connectivity index (χ0v) is 10.7. The molecule has 2 N–H and O–H groups in total. The average Bonchev–Trinajstić information content (AvgIpc) is 2.83. The zero-order chi connectivity index (χ0) is 13.8. The molecule has 19 heavy (non-hydrogen) atoms. The van der Waals surface area contributed by atoms with E-state index in [-0.39, 0.29) is 11.6 Å². The van der Waals surface area contributed by atoms with Gasteiger partial charge >= 0.3 is 5.97 Å². The average molecular weight is 280 g/mol. The minimum absolute atomic E-state index is 0.0243. The Morgan fingerprint density at radius 1 is 1.47 bits per heavy atom. The van der Waals surface area contributed by atoms with Gasteiger partial charge in [0.15, 0.2) is 5.70 Å². The molecule has 0 aliphatic heterocycles. The molecule has 0 saturated heterocycles. The highest BCUT2D eigenvalue weighted by Crippen LogP contribution is 2.20. The number of benzene rings is 1. The van der Waals surface area contributed by atoms with Gasteiger partial charge in [-0.3, -0.25) is 0 Å². The van der Waals surface area contributed by atoms with E-state index in [1.807, 2.05) is 0 Å². The number of carbonyl (C=O) groups excluding carboxylic acids is 1. The molecular formula is C11H10ClN5O2. The predicted molar refractivity (Wildman–Crippen MR) is 69.9 cm³/mol. The van der Waals surface area contributed by atoms with Crippen molar-refractivity contribution in [3.05, 3.63) is 34.9 Å². The van der Waals surface area contributed by atoms with Crippen molar-refractivity contribution >= 4 is 35.3 Å². The molecule has 8 heteroatoms. The van der Waals surface area contributed by atoms with Crippen molar-refractivity contribution in [2.45, 2.75) is 0 Å². The van der Waals surface area contributed by atoms with Gasteiger partial charge in [-0.25, -0.2) is 4.79 Å². The van der Waals surface area contributed by atoms with E-state index in [0.29, 0.717) is 10.6 Å². The number of aromatic nitrogens is 4. The first-order chi connectivity index (χ1) is 9.13. The summed E-state index contributed by atoms with van der Waals surface area (Å²) < 4.78 is 5.76. The van der Waals surface area contributed by atoms with E-state index in [2.05, 4.69) is 20.3 Å². The van der Waals surface area contributed by atoms with Crippen molar-refractivity contribution in [3.8, 4) is 0 Å². The minimum Gasteiger partial charge on any atom is -0.464 e. The molecule has 1 aromatic heterocycles. The molecule has 2 aromatic rings. The Labute approximate surface area is 113 Å². The molecule has 0 fully saturated rings. The molecule has 0 aliphatic carbocycles. The first-order valence-electron chi connectivity index (χ1n) is 5.22. The molecule has 2 rings (SSSR count). The predicted octanol–water partition coefficient (Wildman–Crippen LogP) is 1.08. The van der Waals surface area contributed by atoms with E-state index in [4.69, 9.17) is 17.3 Å². The molecule has 7 nitrogen and oxygen atoms in total. The Kier molecular flexibility index (Phi) is 3.76. The summed E-state index contributed by atoms with van der Waals surface area (Å²) in [5, 5.41) is 11.0. The lowest BCUT2D eigenvalue weighted by Gasteiger charge is -2.06. The normalized spacial score (nSPS) is 11.4. The quantitative estimate of drug-likeness (QED) is 0.667. The lowest BCUT2D eigenvalue weighted by Crippen LogP contribution is -2.14. The number of tetrazole rings is 1. The van der Waals surface area contributed by atoms with Crippen LogP contribution in [0.15, 0.2) is 24.3 Å². The number of hydrogen-bond donors (Lipinski definition) is 1. The van der Waals surface area contributed by atoms with Crippen molar-refractivity contribution in [1.82, 2.24) is 20.2 Å². The van der Waals surface area contributed by atoms with Gasteiger partial charge in [-0.2, -0.15) is 4.68 Å². The summed E-state index contributed by atoms with van der Waals surface area (Å²) in [5.41, 5.74) is 6.26. The molecule has 1 heterocycles. The number of carbonyl (C=O) groups is 1. The summed E-state index contributed by atoms with van der Waals surface area (Å²) in [4.78, 5) is 11.8. The van der Waals surface area contributed by atoms with Crippen molar-refractivity contribution in [3.63, 3.8) is 0 Å². The number of hydrogen-bond acceptors (Lipinski definition) is 6. The molecule has 0 radical (unpaired) electrons. The molecule has 0 saturated carbocycles. The van der Waals surface area contributed by atoms with Crippen molar-refractivity contribution < 1.29 is 9.53 Å². The maximum Gasteiger partial charge on any atom is 0.356 e. The van der Waals surface area contributed by atoms with Crippen molar-refractivity contribution in [1.29, 1.82) is 0 Å². The molecule has 0 spiro atoms. The summed E-state index contributed by atoms with van der Waals surface area (Å²) >= 11 is 6.03. The highest BCUT2D eigenvalue weighted by Gasteiger charge is 2.17. The fourth-order valence-corrected chi connectivity index (χ4v) is 1.61. The fraction of sp³-hybridized carbons (Fsp3) is 0.0909. The van der Waals surface area contributed by atoms with E-state index in [0.717, 1.165) is 4.68 Å². The van der Waals surface area contributed by atoms with Gasteiger partial charge in [-0.05, 0) is 28.1 Å². The summed E-state index contributed by atoms with van der Waals surface area (Å²) in [5.74, 6) is -0.650. The van der Waals surface area contributed by atoms with Crippen LogP contribution < -0.4 is 5.73 Å². The highest BCUT2D eigenvalue weighted by atomic mass is 35.5. The SMILES string of the molecule is COC(=O)/C(=C/c1ccccc1Cl)n1nnnc1N. The Balaban J connectivity index is 2.54. The van der Waals surface area contributed by atoms with Crippen LogP contribution in [0.2, 0.25) is 5.02 Å². The van der Waals surface area contributed by atoms with E-state index in [9.17, 15) is 4.79 Å². The van der Waals surface area contributed by atoms with Crippen LogP contribution in [0.25, 0.3) is 11.8 Å². The highest BCUT2D eigenvalue weighted by molar-refractivity contribution is 6.32. The van der Waals surface area contributed by atoms with Crippen LogP contribution in [0.1, 0.15) is 5.56 Å². The van der Waals surface area contributed by atoms with Gasteiger partial charge < -0.3 is 10.5 Å². The lowest BCUT2D eigenvalue weighted by molar-refractivity contribution is -0.134. The van der Waals surface area contributed by atoms with Crippen molar-refractivity contribution in [2.24, 2.45) is 0 Å². The van der Waals surface area contributed by atoms with Gasteiger partial charge in [0.1, 0.15) is 0 Å². The van der Waals surface area contributed by atoms with Gasteiger partial charge in [0.05, 0.1) is 7.11 Å². The van der Waals surface area contributed by atoms with Crippen molar-refractivity contribution in [2.75, 3.05) is 12.8 Å². The smallest absolute Gasteiger partial charge is 0.356 e. The number of halogens is 1. The maximum atomic E-state index is 11.8. The van der Waals surface area contributed by atoms with Gasteiger partial charge in [-0.15, -0.1) is 0 Å². The largest absolute Gasteiger partial charge is 0.464 e. The molecule has 0 aliphatic rings. The number of anilines is 1. The first-order valence-corrected chi connectivity index (χ1v) is 5.60. The summed E-state index contributed by atoms with van der Waals surface area (Å²) in [6.07, 6.45) is 1.50. The monoisotopic (exact) mass is 279 g/mol. The van der Waals surface area contributed by atoms with Crippen LogP contribution in [-0.4, -0.2) is 33.3 Å². The topological polar surface area (TPSA) is 95.9 Å². The van der Waals surface area contributed by atoms with Crippen LogP contribution >= 0.6 is 11.6 Å². The Hall–Kier alpha value is -2.41. The first kappa shape index (κ1) is 13.0. The molecule has 98 valence electrons. The van der Waals surface area contributed by atoms with Crippen LogP contribution in [0.4, 0.5) is 5.95 Å². The van der Waals surface area contributed by atoms with Crippen LogP contribution in [-0.2, 0) is 9.53 Å². The Morgan fingerprint density at radius 3 is 2.79 bits per heavy atom. The number of nitrogens with zero attached hydrogens (tertiary/aromatic N) is 4. The fourth-order valence-electron chi connectivity index (χ4n) is 1.42. The third-order valence-corrected chi connectivity index (χ3v) is 2.66. The van der Waals surface area contributed by atoms with E-state index in [1.165, 1.54) is 13.2 Å². The van der Waals surface area contributed by atoms with E-state index < -0.39 is 5.97 Å². The second kappa shape index (κ2) is 5.49. The molecule has 1 aromatic carbocycles. The summed E-state index contributed by atoms with van der Waals surface area (Å²) in [6, 6.07) is 7.01. The van der Waals surface area contributed by atoms with Crippen LogP contribution in [0.3, 0.4) is 0 Å². The van der Waals surface area contributed by atoms with Crippen LogP contribution in [0, 0.1) is 0 Å². The summed E-state index contributed by atoms with van der Waals surface area (Å²) in [7, 11) is 1.25. The standard InChI is InChI=1S/C11H10ClN5O2/c1-19-10(18)9(17-11(13)14-15-16-17)6-7-4-2-3-5-8(7)12/h2-6H,1H3,(H2,13,14,16)/b9-6-. The third-order valence-electron chi connectivity index (χ3n) is 2.31. The number of nitrogen functional groups attached to an aromatic ring is 1.